The average molecular weight is 309 g/mol. The van der Waals surface area contributed by atoms with E-state index in [0.29, 0.717) is 16.9 Å². The Hall–Kier alpha value is -2.55. The second-order valence-corrected chi connectivity index (χ2v) is 6.32. The number of hydrogen-bond acceptors (Lipinski definition) is 5. The molecule has 0 bridgehead atoms. The summed E-state index contributed by atoms with van der Waals surface area (Å²) < 4.78 is 25.3. The summed E-state index contributed by atoms with van der Waals surface area (Å²) in [6.07, 6.45) is 0. The molecule has 9 heteroatoms. The number of carbonyl (C=O) groups is 1. The molecular formula is C12H15N5O3S. The first-order valence-electron chi connectivity index (χ1n) is 6.08. The Labute approximate surface area is 121 Å². The largest absolute Gasteiger partial charge is 0.383 e. The third kappa shape index (κ3) is 3.14. The highest BCUT2D eigenvalue weighted by atomic mass is 32.2. The highest BCUT2D eigenvalue weighted by Gasteiger charge is 2.17. The summed E-state index contributed by atoms with van der Waals surface area (Å²) in [5.41, 5.74) is 12.3. The fraction of sp³-hybridized carbons (Fsp3) is 0.167. The minimum atomic E-state index is -3.33. The lowest BCUT2D eigenvalue weighted by molar-refractivity contribution is 0.100. The van der Waals surface area contributed by atoms with E-state index >= 15 is 0 Å². The van der Waals surface area contributed by atoms with Gasteiger partial charge in [-0.15, -0.1) is 0 Å². The molecule has 2 aromatic rings. The van der Waals surface area contributed by atoms with Crippen LogP contribution < -0.4 is 16.2 Å². The van der Waals surface area contributed by atoms with E-state index in [0.717, 1.165) is 0 Å². The molecule has 0 fully saturated rings. The highest BCUT2D eigenvalue weighted by molar-refractivity contribution is 7.92. The SMILES string of the molecule is CCS(=O)(=O)Nc1ccc(-c2n[nH]c(N)c2C(N)=O)cc1. The number of H-pyrrole nitrogens is 1. The maximum Gasteiger partial charge on any atom is 0.254 e. The van der Waals surface area contributed by atoms with Crippen LogP contribution in [0.15, 0.2) is 24.3 Å². The molecule has 1 aromatic heterocycles. The first-order chi connectivity index (χ1) is 9.84. The maximum atomic E-state index is 11.5. The molecular weight excluding hydrogens is 294 g/mol. The summed E-state index contributed by atoms with van der Waals surface area (Å²) >= 11 is 0. The summed E-state index contributed by atoms with van der Waals surface area (Å²) in [5.74, 6) is -0.614. The van der Waals surface area contributed by atoms with Gasteiger partial charge in [0.15, 0.2) is 0 Å². The smallest absolute Gasteiger partial charge is 0.254 e. The third-order valence-electron chi connectivity index (χ3n) is 2.85. The number of rotatable bonds is 5. The standard InChI is InChI=1S/C12H15N5O3S/c1-2-21(19,20)17-8-5-3-7(4-6-8)10-9(12(14)18)11(13)16-15-10/h3-6,17H,2H2,1H3,(H2,14,18)(H3,13,15,16). The van der Waals surface area contributed by atoms with Crippen molar-refractivity contribution in [1.82, 2.24) is 10.2 Å². The fourth-order valence-electron chi connectivity index (χ4n) is 1.76. The number of carbonyl (C=O) groups excluding carboxylic acids is 1. The van der Waals surface area contributed by atoms with Gasteiger partial charge in [-0.05, 0) is 19.1 Å². The first kappa shape index (κ1) is 14.9. The topological polar surface area (TPSA) is 144 Å². The molecule has 1 aromatic carbocycles. The van der Waals surface area contributed by atoms with E-state index in [-0.39, 0.29) is 17.1 Å². The number of sulfonamides is 1. The lowest BCUT2D eigenvalue weighted by Gasteiger charge is -2.06. The van der Waals surface area contributed by atoms with Crippen molar-refractivity contribution in [3.8, 4) is 11.3 Å². The number of hydrogen-bond donors (Lipinski definition) is 4. The minimum absolute atomic E-state index is 0.0174. The number of aromatic amines is 1. The van der Waals surface area contributed by atoms with Gasteiger partial charge in [0.25, 0.3) is 5.91 Å². The molecule has 1 heterocycles. The van der Waals surface area contributed by atoms with Gasteiger partial charge in [-0.2, -0.15) is 5.10 Å². The first-order valence-corrected chi connectivity index (χ1v) is 7.74. The molecule has 0 saturated heterocycles. The number of benzene rings is 1. The number of nitrogens with two attached hydrogens (primary N) is 2. The Morgan fingerprint density at radius 3 is 2.48 bits per heavy atom. The van der Waals surface area contributed by atoms with Crippen LogP contribution >= 0.6 is 0 Å². The molecule has 112 valence electrons. The van der Waals surface area contributed by atoms with E-state index in [2.05, 4.69) is 14.9 Å². The van der Waals surface area contributed by atoms with Gasteiger partial charge < -0.3 is 11.5 Å². The zero-order valence-corrected chi connectivity index (χ0v) is 12.1. The Balaban J connectivity index is 2.34. The summed E-state index contributed by atoms with van der Waals surface area (Å²) in [7, 11) is -3.33. The quantitative estimate of drug-likeness (QED) is 0.636. The zero-order valence-electron chi connectivity index (χ0n) is 11.3. The Bertz CT molecular complexity index is 765. The summed E-state index contributed by atoms with van der Waals surface area (Å²) in [6.45, 7) is 1.54. The van der Waals surface area contributed by atoms with E-state index in [9.17, 15) is 13.2 Å². The Kier molecular flexibility index (Phi) is 3.85. The molecule has 8 nitrogen and oxygen atoms in total. The number of primary amides is 1. The normalized spacial score (nSPS) is 11.3. The molecule has 0 atom stereocenters. The van der Waals surface area contributed by atoms with Crippen LogP contribution in [0.5, 0.6) is 0 Å². The maximum absolute atomic E-state index is 11.5. The van der Waals surface area contributed by atoms with Crippen LogP contribution in [0.25, 0.3) is 11.3 Å². The van der Waals surface area contributed by atoms with E-state index in [1.165, 1.54) is 0 Å². The van der Waals surface area contributed by atoms with Crippen molar-refractivity contribution in [3.63, 3.8) is 0 Å². The van der Waals surface area contributed by atoms with E-state index in [4.69, 9.17) is 11.5 Å². The van der Waals surface area contributed by atoms with Crippen molar-refractivity contribution in [1.29, 1.82) is 0 Å². The lowest BCUT2D eigenvalue weighted by atomic mass is 10.1. The van der Waals surface area contributed by atoms with Gasteiger partial charge in [0.05, 0.1) is 5.75 Å². The van der Waals surface area contributed by atoms with Gasteiger partial charge in [0, 0.05) is 11.3 Å². The number of aromatic nitrogens is 2. The highest BCUT2D eigenvalue weighted by Crippen LogP contribution is 2.26. The van der Waals surface area contributed by atoms with Crippen molar-refractivity contribution < 1.29 is 13.2 Å². The molecule has 0 aliphatic heterocycles. The minimum Gasteiger partial charge on any atom is -0.383 e. The van der Waals surface area contributed by atoms with Crippen LogP contribution in [0.4, 0.5) is 11.5 Å². The van der Waals surface area contributed by atoms with E-state index in [1.54, 1.807) is 31.2 Å². The van der Waals surface area contributed by atoms with Crippen LogP contribution in [-0.2, 0) is 10.0 Å². The van der Waals surface area contributed by atoms with Crippen LogP contribution in [-0.4, -0.2) is 30.3 Å². The third-order valence-corrected chi connectivity index (χ3v) is 4.16. The van der Waals surface area contributed by atoms with Crippen LogP contribution in [0.2, 0.25) is 0 Å². The Morgan fingerprint density at radius 2 is 1.95 bits per heavy atom. The monoisotopic (exact) mass is 309 g/mol. The lowest BCUT2D eigenvalue weighted by Crippen LogP contribution is -2.14. The molecule has 2 rings (SSSR count). The molecule has 1 amide bonds. The van der Waals surface area contributed by atoms with Gasteiger partial charge >= 0.3 is 0 Å². The summed E-state index contributed by atoms with van der Waals surface area (Å²) in [5, 5.41) is 6.43. The predicted octanol–water partition coefficient (Wildman–Crippen LogP) is 0.519. The second-order valence-electron chi connectivity index (χ2n) is 4.31. The van der Waals surface area contributed by atoms with Gasteiger partial charge in [0.2, 0.25) is 10.0 Å². The predicted molar refractivity (Wildman–Crippen MR) is 80.0 cm³/mol. The molecule has 0 unspecified atom stereocenters. The molecule has 0 aliphatic rings. The molecule has 0 saturated carbocycles. The molecule has 0 spiro atoms. The molecule has 0 radical (unpaired) electrons. The van der Waals surface area contributed by atoms with Crippen molar-refractivity contribution in [3.05, 3.63) is 29.8 Å². The van der Waals surface area contributed by atoms with Gasteiger partial charge in [-0.3, -0.25) is 14.6 Å². The van der Waals surface area contributed by atoms with Crippen molar-refractivity contribution in [2.45, 2.75) is 6.92 Å². The van der Waals surface area contributed by atoms with Gasteiger partial charge in [-0.1, -0.05) is 12.1 Å². The average Bonchev–Trinajstić information content (AvgIpc) is 2.81. The zero-order chi connectivity index (χ0) is 15.6. The summed E-state index contributed by atoms with van der Waals surface area (Å²) in [6, 6.07) is 6.38. The van der Waals surface area contributed by atoms with Crippen LogP contribution in [0.3, 0.4) is 0 Å². The number of nitrogen functional groups attached to an aromatic ring is 1. The molecule has 21 heavy (non-hydrogen) atoms. The van der Waals surface area contributed by atoms with Crippen molar-refractivity contribution >= 4 is 27.4 Å². The number of anilines is 2. The Morgan fingerprint density at radius 1 is 1.33 bits per heavy atom. The molecule has 0 aliphatic carbocycles. The van der Waals surface area contributed by atoms with Gasteiger partial charge in [0.1, 0.15) is 17.1 Å². The van der Waals surface area contributed by atoms with Crippen molar-refractivity contribution in [2.24, 2.45) is 5.73 Å². The fourth-order valence-corrected chi connectivity index (χ4v) is 2.40. The van der Waals surface area contributed by atoms with Crippen LogP contribution in [0.1, 0.15) is 17.3 Å². The van der Waals surface area contributed by atoms with E-state index < -0.39 is 15.9 Å². The molecule has 6 N–H and O–H groups in total. The number of nitrogens with zero attached hydrogens (tertiary/aromatic N) is 1. The van der Waals surface area contributed by atoms with Gasteiger partial charge in [-0.25, -0.2) is 8.42 Å². The number of nitrogens with one attached hydrogen (secondary N) is 2. The number of amides is 1. The summed E-state index contributed by atoms with van der Waals surface area (Å²) in [4.78, 5) is 11.4. The van der Waals surface area contributed by atoms with E-state index in [1.807, 2.05) is 0 Å². The van der Waals surface area contributed by atoms with Crippen LogP contribution in [0, 0.1) is 0 Å². The van der Waals surface area contributed by atoms with Crippen molar-refractivity contribution in [2.75, 3.05) is 16.2 Å². The second kappa shape index (κ2) is 5.44.